The van der Waals surface area contributed by atoms with Crippen LogP contribution in [0.1, 0.15) is 30.9 Å². The number of hydrogen-bond acceptors (Lipinski definition) is 7. The van der Waals surface area contributed by atoms with Gasteiger partial charge in [-0.05, 0) is 25.0 Å². The van der Waals surface area contributed by atoms with Gasteiger partial charge in [0.15, 0.2) is 11.5 Å². The number of sulfonamides is 1. The lowest BCUT2D eigenvalue weighted by molar-refractivity contribution is -0.160. The molecular formula is C23H26N2O7S. The van der Waals surface area contributed by atoms with Gasteiger partial charge in [-0.25, -0.2) is 8.42 Å². The van der Waals surface area contributed by atoms with Crippen LogP contribution in [-0.2, 0) is 24.3 Å². The highest BCUT2D eigenvalue weighted by Crippen LogP contribution is 2.34. The molecule has 10 heteroatoms. The van der Waals surface area contributed by atoms with Crippen LogP contribution in [0, 0.1) is 5.92 Å². The van der Waals surface area contributed by atoms with Crippen molar-refractivity contribution >= 4 is 21.9 Å². The van der Waals surface area contributed by atoms with E-state index >= 15 is 0 Å². The molecule has 2 N–H and O–H groups in total. The van der Waals surface area contributed by atoms with Crippen molar-refractivity contribution in [3.63, 3.8) is 0 Å². The minimum absolute atomic E-state index is 0.116. The summed E-state index contributed by atoms with van der Waals surface area (Å²) in [7, 11) is -3.76. The molecule has 9 nitrogen and oxygen atoms in total. The second-order valence-corrected chi connectivity index (χ2v) is 9.91. The molecule has 0 saturated carbocycles. The number of primary amides is 1. The summed E-state index contributed by atoms with van der Waals surface area (Å²) >= 11 is 0. The van der Waals surface area contributed by atoms with E-state index in [1.807, 2.05) is 0 Å². The van der Waals surface area contributed by atoms with Crippen molar-refractivity contribution in [2.75, 3.05) is 26.3 Å². The van der Waals surface area contributed by atoms with Crippen LogP contribution in [0.25, 0.3) is 0 Å². The van der Waals surface area contributed by atoms with Crippen LogP contribution < -0.4 is 15.2 Å². The standard InChI is InChI=1S/C23H26N2O7S/c24-22(26)21(16-5-2-1-3-6-16)32-23(27)17-9-11-25(12-10-17)33(28,29)18-7-8-19-20(15-18)31-14-4-13-30-19/h1-3,5-8,15,17,21H,4,9-14H2,(H2,24,26). The van der Waals surface area contributed by atoms with Gasteiger partial charge in [-0.3, -0.25) is 9.59 Å². The van der Waals surface area contributed by atoms with Crippen LogP contribution >= 0.6 is 0 Å². The lowest BCUT2D eigenvalue weighted by Crippen LogP contribution is -2.41. The van der Waals surface area contributed by atoms with Gasteiger partial charge in [0, 0.05) is 31.1 Å². The summed E-state index contributed by atoms with van der Waals surface area (Å²) in [5, 5.41) is 0. The minimum atomic E-state index is -3.76. The first-order chi connectivity index (χ1) is 15.9. The molecule has 2 aliphatic heterocycles. The van der Waals surface area contributed by atoms with Crippen LogP contribution in [0.3, 0.4) is 0 Å². The molecule has 0 spiro atoms. The number of rotatable bonds is 6. The molecule has 0 radical (unpaired) electrons. The van der Waals surface area contributed by atoms with E-state index < -0.39 is 33.9 Å². The Labute approximate surface area is 192 Å². The summed E-state index contributed by atoms with van der Waals surface area (Å²) in [4.78, 5) is 24.6. The lowest BCUT2D eigenvalue weighted by Gasteiger charge is -2.30. The summed E-state index contributed by atoms with van der Waals surface area (Å²) in [6, 6.07) is 13.1. The van der Waals surface area contributed by atoms with Crippen molar-refractivity contribution in [1.82, 2.24) is 4.31 Å². The Balaban J connectivity index is 1.40. The maximum atomic E-state index is 13.1. The van der Waals surface area contributed by atoms with Crippen LogP contribution in [0.5, 0.6) is 11.5 Å². The zero-order valence-corrected chi connectivity index (χ0v) is 18.8. The van der Waals surface area contributed by atoms with E-state index in [9.17, 15) is 18.0 Å². The van der Waals surface area contributed by atoms with Crippen LogP contribution in [0.4, 0.5) is 0 Å². The number of benzene rings is 2. The third-order valence-electron chi connectivity index (χ3n) is 5.74. The monoisotopic (exact) mass is 474 g/mol. The van der Waals surface area contributed by atoms with E-state index in [1.54, 1.807) is 36.4 Å². The summed E-state index contributed by atoms with van der Waals surface area (Å²) in [5.74, 6) is -0.911. The number of hydrogen-bond donors (Lipinski definition) is 1. The minimum Gasteiger partial charge on any atom is -0.490 e. The molecule has 33 heavy (non-hydrogen) atoms. The van der Waals surface area contributed by atoms with Crippen LogP contribution in [-0.4, -0.2) is 50.9 Å². The molecule has 2 aliphatic rings. The van der Waals surface area contributed by atoms with Crippen molar-refractivity contribution in [3.05, 3.63) is 54.1 Å². The van der Waals surface area contributed by atoms with E-state index in [-0.39, 0.29) is 30.8 Å². The van der Waals surface area contributed by atoms with Gasteiger partial charge in [-0.15, -0.1) is 0 Å². The van der Waals surface area contributed by atoms with Gasteiger partial charge in [0.25, 0.3) is 5.91 Å². The zero-order valence-electron chi connectivity index (χ0n) is 18.0. The average Bonchev–Trinajstić information content (AvgIpc) is 3.08. The highest BCUT2D eigenvalue weighted by Gasteiger charge is 2.35. The molecule has 1 saturated heterocycles. The van der Waals surface area contributed by atoms with E-state index in [0.717, 1.165) is 6.42 Å². The molecule has 176 valence electrons. The van der Waals surface area contributed by atoms with Crippen molar-refractivity contribution < 1.29 is 32.2 Å². The Bertz CT molecular complexity index is 1110. The van der Waals surface area contributed by atoms with Crippen LogP contribution in [0.2, 0.25) is 0 Å². The van der Waals surface area contributed by atoms with Gasteiger partial charge >= 0.3 is 5.97 Å². The number of fused-ring (bicyclic) bond motifs is 1. The summed E-state index contributed by atoms with van der Waals surface area (Å²) < 4.78 is 44.2. The summed E-state index contributed by atoms with van der Waals surface area (Å²) in [6.07, 6.45) is 0.106. The molecule has 2 aromatic carbocycles. The van der Waals surface area contributed by atoms with Crippen molar-refractivity contribution in [1.29, 1.82) is 0 Å². The Kier molecular flexibility index (Phi) is 6.85. The van der Waals surface area contributed by atoms with Gasteiger partial charge in [-0.1, -0.05) is 30.3 Å². The second kappa shape index (κ2) is 9.80. The van der Waals surface area contributed by atoms with Gasteiger partial charge < -0.3 is 19.9 Å². The molecule has 1 fully saturated rings. The maximum Gasteiger partial charge on any atom is 0.310 e. The number of amides is 1. The molecular weight excluding hydrogens is 448 g/mol. The molecule has 0 aromatic heterocycles. The SMILES string of the molecule is NC(=O)C(OC(=O)C1CCN(S(=O)(=O)c2ccc3c(c2)OCCCO3)CC1)c1ccccc1. The van der Waals surface area contributed by atoms with Crippen molar-refractivity contribution in [2.45, 2.75) is 30.3 Å². The first kappa shape index (κ1) is 23.1. The maximum absolute atomic E-state index is 13.1. The van der Waals surface area contributed by atoms with Gasteiger partial charge in [0.1, 0.15) is 0 Å². The molecule has 2 heterocycles. The third kappa shape index (κ3) is 5.12. The second-order valence-electron chi connectivity index (χ2n) is 7.97. The smallest absolute Gasteiger partial charge is 0.310 e. The lowest BCUT2D eigenvalue weighted by atomic mass is 9.98. The van der Waals surface area contributed by atoms with Gasteiger partial charge in [0.2, 0.25) is 16.1 Å². The topological polar surface area (TPSA) is 125 Å². The highest BCUT2D eigenvalue weighted by molar-refractivity contribution is 7.89. The van der Waals surface area contributed by atoms with Crippen LogP contribution in [0.15, 0.2) is 53.4 Å². The number of carbonyl (C=O) groups is 2. The normalized spacial score (nSPS) is 18.2. The van der Waals surface area contributed by atoms with E-state index in [4.69, 9.17) is 19.9 Å². The largest absolute Gasteiger partial charge is 0.490 e. The molecule has 2 aromatic rings. The van der Waals surface area contributed by atoms with E-state index in [0.29, 0.717) is 30.3 Å². The predicted molar refractivity (Wildman–Crippen MR) is 118 cm³/mol. The molecule has 1 unspecified atom stereocenters. The summed E-state index contributed by atoms with van der Waals surface area (Å²) in [5.41, 5.74) is 5.92. The first-order valence-electron chi connectivity index (χ1n) is 10.8. The van der Waals surface area contributed by atoms with Crippen molar-refractivity contribution in [3.8, 4) is 11.5 Å². The van der Waals surface area contributed by atoms with E-state index in [1.165, 1.54) is 16.4 Å². The molecule has 0 bridgehead atoms. The zero-order chi connectivity index (χ0) is 23.4. The number of piperidine rings is 1. The Hall–Kier alpha value is -3.11. The third-order valence-corrected chi connectivity index (χ3v) is 7.63. The number of ether oxygens (including phenoxy) is 3. The molecule has 1 atom stereocenters. The predicted octanol–water partition coefficient (Wildman–Crippen LogP) is 2.02. The number of carbonyl (C=O) groups excluding carboxylic acids is 2. The number of esters is 1. The van der Waals surface area contributed by atoms with E-state index in [2.05, 4.69) is 0 Å². The Morgan fingerprint density at radius 1 is 1.00 bits per heavy atom. The summed E-state index contributed by atoms with van der Waals surface area (Å²) in [6.45, 7) is 1.29. The Morgan fingerprint density at radius 2 is 1.67 bits per heavy atom. The Morgan fingerprint density at radius 3 is 2.33 bits per heavy atom. The first-order valence-corrected chi connectivity index (χ1v) is 12.2. The average molecular weight is 475 g/mol. The van der Waals surface area contributed by atoms with Crippen molar-refractivity contribution in [2.24, 2.45) is 11.7 Å². The van der Waals surface area contributed by atoms with Gasteiger partial charge in [-0.2, -0.15) is 4.31 Å². The quantitative estimate of drug-likeness (QED) is 0.635. The number of nitrogens with two attached hydrogens (primary N) is 1. The highest BCUT2D eigenvalue weighted by atomic mass is 32.2. The number of nitrogens with zero attached hydrogens (tertiary/aromatic N) is 1. The molecule has 4 rings (SSSR count). The van der Waals surface area contributed by atoms with Gasteiger partial charge in [0.05, 0.1) is 24.0 Å². The fraction of sp³-hybridized carbons (Fsp3) is 0.391. The fourth-order valence-electron chi connectivity index (χ4n) is 3.92. The molecule has 0 aliphatic carbocycles. The molecule has 1 amide bonds. The fourth-order valence-corrected chi connectivity index (χ4v) is 5.40.